The first kappa shape index (κ1) is 18.3. The van der Waals surface area contributed by atoms with E-state index in [4.69, 9.17) is 10.5 Å². The third-order valence-corrected chi connectivity index (χ3v) is 5.38. The van der Waals surface area contributed by atoms with Gasteiger partial charge in [0.15, 0.2) is 0 Å². The quantitative estimate of drug-likeness (QED) is 0.870. The van der Waals surface area contributed by atoms with E-state index in [1.807, 2.05) is 12.1 Å². The summed E-state index contributed by atoms with van der Waals surface area (Å²) in [6.07, 6.45) is 2.91. The molecule has 0 saturated carbocycles. The minimum atomic E-state index is -0.217. The summed E-state index contributed by atoms with van der Waals surface area (Å²) in [5.74, 6) is -0.566. The molecule has 6 heteroatoms. The molecule has 1 atom stereocenters. The van der Waals surface area contributed by atoms with Gasteiger partial charge in [0, 0.05) is 52.0 Å². The van der Waals surface area contributed by atoms with Crippen molar-refractivity contribution in [2.24, 2.45) is 11.7 Å². The molecule has 1 aromatic rings. The second-order valence-electron chi connectivity index (χ2n) is 7.11. The number of halogens is 1. The van der Waals surface area contributed by atoms with Crippen LogP contribution < -0.4 is 5.73 Å². The van der Waals surface area contributed by atoms with Crippen molar-refractivity contribution < 1.29 is 13.9 Å². The molecule has 0 aromatic heterocycles. The molecule has 0 bridgehead atoms. The molecule has 2 N–H and O–H groups in total. The monoisotopic (exact) mass is 349 g/mol. The van der Waals surface area contributed by atoms with E-state index in [1.54, 1.807) is 0 Å². The van der Waals surface area contributed by atoms with Crippen molar-refractivity contribution in [2.45, 2.75) is 25.3 Å². The third kappa shape index (κ3) is 5.23. The molecule has 2 saturated heterocycles. The Balaban J connectivity index is 1.58. The third-order valence-electron chi connectivity index (χ3n) is 5.38. The number of amides is 1. The van der Waals surface area contributed by atoms with Crippen LogP contribution in [-0.4, -0.2) is 67.7 Å². The van der Waals surface area contributed by atoms with E-state index in [0.717, 1.165) is 64.2 Å². The van der Waals surface area contributed by atoms with Gasteiger partial charge in [-0.1, -0.05) is 12.1 Å². The summed E-state index contributed by atoms with van der Waals surface area (Å²) >= 11 is 0. The van der Waals surface area contributed by atoms with E-state index in [0.29, 0.717) is 12.6 Å². The Morgan fingerprint density at radius 3 is 2.56 bits per heavy atom. The summed E-state index contributed by atoms with van der Waals surface area (Å²) in [7, 11) is 0. The van der Waals surface area contributed by atoms with Crippen LogP contribution in [0.15, 0.2) is 24.3 Å². The van der Waals surface area contributed by atoms with Crippen LogP contribution in [0.5, 0.6) is 0 Å². The highest BCUT2D eigenvalue weighted by Crippen LogP contribution is 2.19. The number of carbonyl (C=O) groups excluding carboxylic acids is 1. The van der Waals surface area contributed by atoms with Gasteiger partial charge in [0.25, 0.3) is 0 Å². The summed E-state index contributed by atoms with van der Waals surface area (Å²) in [6, 6.07) is 7.14. The van der Waals surface area contributed by atoms with E-state index in [-0.39, 0.29) is 17.6 Å². The van der Waals surface area contributed by atoms with Crippen molar-refractivity contribution in [3.05, 3.63) is 35.6 Å². The number of rotatable bonds is 5. The molecule has 138 valence electrons. The minimum absolute atomic E-state index is 0.140. The van der Waals surface area contributed by atoms with Crippen LogP contribution in [0.4, 0.5) is 4.39 Å². The highest BCUT2D eigenvalue weighted by atomic mass is 19.1. The second-order valence-corrected chi connectivity index (χ2v) is 7.11. The Bertz CT molecular complexity index is 560. The predicted octanol–water partition coefficient (Wildman–Crippen LogP) is 1.27. The number of hydrogen-bond donors (Lipinski definition) is 1. The summed E-state index contributed by atoms with van der Waals surface area (Å²) in [5.41, 5.74) is 6.77. The van der Waals surface area contributed by atoms with E-state index >= 15 is 0 Å². The number of hydrogen-bond acceptors (Lipinski definition) is 4. The lowest BCUT2D eigenvalue weighted by atomic mass is 10.0. The number of ether oxygens (including phenoxy) is 1. The maximum absolute atomic E-state index is 13.0. The van der Waals surface area contributed by atoms with Gasteiger partial charge in [-0.25, -0.2) is 4.39 Å². The van der Waals surface area contributed by atoms with Crippen molar-refractivity contribution >= 4 is 5.91 Å². The van der Waals surface area contributed by atoms with Crippen LogP contribution in [0.1, 0.15) is 18.4 Å². The van der Waals surface area contributed by atoms with Gasteiger partial charge in [-0.15, -0.1) is 0 Å². The van der Waals surface area contributed by atoms with Crippen molar-refractivity contribution in [1.82, 2.24) is 9.80 Å². The van der Waals surface area contributed by atoms with Crippen LogP contribution >= 0.6 is 0 Å². The standard InChI is InChI=1S/C19H28FN3O2/c20-17-3-1-15(2-4-17)5-8-22-9-10-23(14-16(13-22)19(21)24)18-6-11-25-12-7-18/h1-4,16,18H,5-14H2,(H2,21,24)/t16-/m0/s1. The molecule has 2 heterocycles. The first-order valence-electron chi connectivity index (χ1n) is 9.20. The fourth-order valence-electron chi connectivity index (χ4n) is 3.81. The largest absolute Gasteiger partial charge is 0.381 e. The molecule has 2 aliphatic rings. The van der Waals surface area contributed by atoms with Crippen LogP contribution in [0, 0.1) is 11.7 Å². The fraction of sp³-hybridized carbons (Fsp3) is 0.632. The van der Waals surface area contributed by atoms with Crippen molar-refractivity contribution in [1.29, 1.82) is 0 Å². The molecule has 1 amide bonds. The Morgan fingerprint density at radius 2 is 1.88 bits per heavy atom. The van der Waals surface area contributed by atoms with Gasteiger partial charge in [0.2, 0.25) is 5.91 Å². The number of carbonyl (C=O) groups is 1. The second kappa shape index (κ2) is 8.74. The maximum atomic E-state index is 13.0. The van der Waals surface area contributed by atoms with E-state index in [2.05, 4.69) is 9.80 Å². The lowest BCUT2D eigenvalue weighted by Gasteiger charge is -2.34. The zero-order valence-electron chi connectivity index (χ0n) is 14.7. The molecule has 2 aliphatic heterocycles. The number of benzene rings is 1. The van der Waals surface area contributed by atoms with Gasteiger partial charge in [0.05, 0.1) is 5.92 Å². The Hall–Kier alpha value is -1.50. The first-order valence-corrected chi connectivity index (χ1v) is 9.20. The molecule has 0 aliphatic carbocycles. The zero-order valence-corrected chi connectivity index (χ0v) is 14.7. The van der Waals surface area contributed by atoms with E-state index in [9.17, 15) is 9.18 Å². The molecular weight excluding hydrogens is 321 g/mol. The Kier molecular flexibility index (Phi) is 6.39. The fourth-order valence-corrected chi connectivity index (χ4v) is 3.81. The molecule has 2 fully saturated rings. The molecule has 5 nitrogen and oxygen atoms in total. The summed E-state index contributed by atoms with van der Waals surface area (Å²) in [4.78, 5) is 16.6. The van der Waals surface area contributed by atoms with E-state index in [1.165, 1.54) is 12.1 Å². The van der Waals surface area contributed by atoms with Gasteiger partial charge in [-0.05, 0) is 37.0 Å². The maximum Gasteiger partial charge on any atom is 0.223 e. The zero-order chi connectivity index (χ0) is 17.6. The SMILES string of the molecule is NC(=O)[C@H]1CN(CCc2ccc(F)cc2)CCN(C2CCOCC2)C1. The topological polar surface area (TPSA) is 58.8 Å². The predicted molar refractivity (Wildman–Crippen MR) is 94.6 cm³/mol. The van der Waals surface area contributed by atoms with Crippen molar-refractivity contribution in [3.63, 3.8) is 0 Å². The smallest absolute Gasteiger partial charge is 0.223 e. The lowest BCUT2D eigenvalue weighted by molar-refractivity contribution is -0.122. The van der Waals surface area contributed by atoms with Gasteiger partial charge in [-0.2, -0.15) is 0 Å². The van der Waals surface area contributed by atoms with Gasteiger partial charge < -0.3 is 15.4 Å². The normalized spacial score (nSPS) is 24.1. The van der Waals surface area contributed by atoms with Gasteiger partial charge in [-0.3, -0.25) is 9.69 Å². The van der Waals surface area contributed by atoms with Crippen LogP contribution in [0.3, 0.4) is 0 Å². The Morgan fingerprint density at radius 1 is 1.16 bits per heavy atom. The molecule has 0 unspecified atom stereocenters. The molecule has 3 rings (SSSR count). The number of primary amides is 1. The average Bonchev–Trinajstić information content (AvgIpc) is 2.85. The Labute approximate surface area is 148 Å². The van der Waals surface area contributed by atoms with Crippen molar-refractivity contribution in [2.75, 3.05) is 45.9 Å². The first-order chi connectivity index (χ1) is 12.1. The van der Waals surface area contributed by atoms with Crippen LogP contribution in [-0.2, 0) is 16.0 Å². The highest BCUT2D eigenvalue weighted by molar-refractivity contribution is 5.77. The summed E-state index contributed by atoms with van der Waals surface area (Å²) in [6.45, 7) is 5.80. The van der Waals surface area contributed by atoms with E-state index < -0.39 is 0 Å². The number of nitrogens with two attached hydrogens (primary N) is 1. The summed E-state index contributed by atoms with van der Waals surface area (Å²) < 4.78 is 18.5. The molecular formula is C19H28FN3O2. The van der Waals surface area contributed by atoms with Gasteiger partial charge >= 0.3 is 0 Å². The average molecular weight is 349 g/mol. The molecule has 0 spiro atoms. The molecule has 25 heavy (non-hydrogen) atoms. The lowest BCUT2D eigenvalue weighted by Crippen LogP contribution is -2.44. The van der Waals surface area contributed by atoms with Crippen molar-refractivity contribution in [3.8, 4) is 0 Å². The minimum Gasteiger partial charge on any atom is -0.381 e. The van der Waals surface area contributed by atoms with Crippen LogP contribution in [0.2, 0.25) is 0 Å². The van der Waals surface area contributed by atoms with Crippen LogP contribution in [0.25, 0.3) is 0 Å². The molecule has 1 aromatic carbocycles. The van der Waals surface area contributed by atoms with Gasteiger partial charge in [0.1, 0.15) is 5.82 Å². The summed E-state index contributed by atoms with van der Waals surface area (Å²) in [5, 5.41) is 0. The highest BCUT2D eigenvalue weighted by Gasteiger charge is 2.30. The number of nitrogens with zero attached hydrogens (tertiary/aromatic N) is 2. The molecule has 0 radical (unpaired) electrons.